The number of carbonyl (C=O) groups is 1. The number of halogens is 1. The third-order valence-electron chi connectivity index (χ3n) is 4.50. The lowest BCUT2D eigenvalue weighted by Gasteiger charge is -2.23. The predicted octanol–water partition coefficient (Wildman–Crippen LogP) is 3.33. The molecule has 1 aromatic carbocycles. The smallest absolute Gasteiger partial charge is 0.243 e. The summed E-state index contributed by atoms with van der Waals surface area (Å²) in [5, 5.41) is 4.04. The lowest BCUT2D eigenvalue weighted by Crippen LogP contribution is -2.43. The summed E-state index contributed by atoms with van der Waals surface area (Å²) in [6, 6.07) is 9.71. The number of aromatic nitrogens is 3. The van der Waals surface area contributed by atoms with E-state index < -0.39 is 0 Å². The number of fused-ring (bicyclic) bond motifs is 1. The summed E-state index contributed by atoms with van der Waals surface area (Å²) in [6.07, 6.45) is 1.78. The average Bonchev–Trinajstić information content (AvgIpc) is 3.27. The molecule has 0 unspecified atom stereocenters. The highest BCUT2D eigenvalue weighted by atomic mass is 35.5. The fourth-order valence-corrected chi connectivity index (χ4v) is 4.44. The lowest BCUT2D eigenvalue weighted by molar-refractivity contribution is -0.122. The van der Waals surface area contributed by atoms with E-state index in [0.717, 1.165) is 40.5 Å². The molecule has 0 spiro atoms. The molecule has 1 aliphatic rings. The molecular formula is C18H18ClN5OS. The summed E-state index contributed by atoms with van der Waals surface area (Å²) in [4.78, 5) is 27.8. The molecule has 0 bridgehead atoms. The molecule has 1 N–H and O–H groups in total. The Kier molecular flexibility index (Phi) is 4.74. The summed E-state index contributed by atoms with van der Waals surface area (Å²) in [5.74, 6) is 0.0337. The molecule has 8 heteroatoms. The third kappa shape index (κ3) is 3.37. The van der Waals surface area contributed by atoms with E-state index in [2.05, 4.69) is 25.2 Å². The van der Waals surface area contributed by atoms with Gasteiger partial charge >= 0.3 is 0 Å². The van der Waals surface area contributed by atoms with Gasteiger partial charge in [0.25, 0.3) is 0 Å². The Morgan fingerprint density at radius 3 is 2.92 bits per heavy atom. The standard InChI is InChI=1S/C18H18ClN5OS/c1-11-14-15(22-17(19)21-11)23-18(26-14)24-9-5-8-13(24)16(25)20-10-12-6-3-2-4-7-12/h2-4,6-7,13H,5,8-10H2,1H3,(H,20,25)/t13-/m1/s1. The van der Waals surface area contributed by atoms with Crippen LogP contribution in [0.3, 0.4) is 0 Å². The van der Waals surface area contributed by atoms with E-state index in [-0.39, 0.29) is 17.2 Å². The molecule has 26 heavy (non-hydrogen) atoms. The van der Waals surface area contributed by atoms with Gasteiger partial charge in [0.2, 0.25) is 11.2 Å². The molecule has 134 valence electrons. The van der Waals surface area contributed by atoms with Crippen molar-refractivity contribution in [1.29, 1.82) is 0 Å². The van der Waals surface area contributed by atoms with E-state index in [1.54, 1.807) is 0 Å². The van der Waals surface area contributed by atoms with Crippen LogP contribution in [0.4, 0.5) is 5.13 Å². The van der Waals surface area contributed by atoms with E-state index in [0.29, 0.717) is 12.2 Å². The largest absolute Gasteiger partial charge is 0.350 e. The van der Waals surface area contributed by atoms with Gasteiger partial charge in [-0.25, -0.2) is 4.98 Å². The number of nitrogens with one attached hydrogen (secondary N) is 1. The zero-order chi connectivity index (χ0) is 18.1. The van der Waals surface area contributed by atoms with Gasteiger partial charge in [-0.1, -0.05) is 41.7 Å². The Hall–Kier alpha value is -2.25. The minimum atomic E-state index is -0.206. The van der Waals surface area contributed by atoms with Crippen LogP contribution < -0.4 is 10.2 Å². The zero-order valence-corrected chi connectivity index (χ0v) is 15.8. The molecule has 1 atom stereocenters. The van der Waals surface area contributed by atoms with Crippen LogP contribution in [0.15, 0.2) is 30.3 Å². The number of anilines is 1. The van der Waals surface area contributed by atoms with E-state index in [1.807, 2.05) is 37.3 Å². The first-order chi connectivity index (χ1) is 12.6. The molecule has 0 radical (unpaired) electrons. The Morgan fingerprint density at radius 2 is 2.12 bits per heavy atom. The van der Waals surface area contributed by atoms with Crippen LogP contribution in [0, 0.1) is 6.92 Å². The molecular weight excluding hydrogens is 370 g/mol. The summed E-state index contributed by atoms with van der Waals surface area (Å²) < 4.78 is 0.916. The molecule has 1 amide bonds. The number of benzene rings is 1. The van der Waals surface area contributed by atoms with E-state index in [4.69, 9.17) is 11.6 Å². The fourth-order valence-electron chi connectivity index (χ4n) is 3.21. The summed E-state index contributed by atoms with van der Waals surface area (Å²) >= 11 is 7.45. The molecule has 1 aliphatic heterocycles. The number of hydrogen-bond donors (Lipinski definition) is 1. The summed E-state index contributed by atoms with van der Waals surface area (Å²) in [7, 11) is 0. The Morgan fingerprint density at radius 1 is 1.31 bits per heavy atom. The Labute approximate surface area is 160 Å². The molecule has 3 heterocycles. The highest BCUT2D eigenvalue weighted by Crippen LogP contribution is 2.34. The second-order valence-corrected chi connectivity index (χ2v) is 7.60. The van der Waals surface area contributed by atoms with Gasteiger partial charge in [0.05, 0.1) is 10.4 Å². The van der Waals surface area contributed by atoms with Crippen LogP contribution in [0.25, 0.3) is 10.3 Å². The number of hydrogen-bond acceptors (Lipinski definition) is 6. The molecule has 6 nitrogen and oxygen atoms in total. The van der Waals surface area contributed by atoms with Crippen molar-refractivity contribution in [1.82, 2.24) is 20.3 Å². The fraction of sp³-hybridized carbons (Fsp3) is 0.333. The van der Waals surface area contributed by atoms with Crippen molar-refractivity contribution in [2.24, 2.45) is 0 Å². The van der Waals surface area contributed by atoms with Crippen molar-refractivity contribution in [3.8, 4) is 0 Å². The van der Waals surface area contributed by atoms with Gasteiger partial charge in [0, 0.05) is 13.1 Å². The zero-order valence-electron chi connectivity index (χ0n) is 14.3. The summed E-state index contributed by atoms with van der Waals surface area (Å²) in [5.41, 5.74) is 2.50. The van der Waals surface area contributed by atoms with Crippen LogP contribution in [-0.2, 0) is 11.3 Å². The van der Waals surface area contributed by atoms with Gasteiger partial charge < -0.3 is 10.2 Å². The highest BCUT2D eigenvalue weighted by molar-refractivity contribution is 7.22. The highest BCUT2D eigenvalue weighted by Gasteiger charge is 2.33. The van der Waals surface area contributed by atoms with Crippen LogP contribution in [0.2, 0.25) is 5.28 Å². The maximum atomic E-state index is 12.7. The first kappa shape index (κ1) is 17.2. The molecule has 0 aliphatic carbocycles. The van der Waals surface area contributed by atoms with Gasteiger partial charge in [-0.3, -0.25) is 4.79 Å². The van der Waals surface area contributed by atoms with E-state index in [1.165, 1.54) is 11.3 Å². The molecule has 3 aromatic rings. The SMILES string of the molecule is Cc1nc(Cl)nc2nc(N3CCC[C@@H]3C(=O)NCc3ccccc3)sc12. The van der Waals surface area contributed by atoms with Gasteiger partial charge in [0.1, 0.15) is 6.04 Å². The number of amides is 1. The van der Waals surface area contributed by atoms with Gasteiger partial charge in [-0.2, -0.15) is 9.97 Å². The monoisotopic (exact) mass is 387 g/mol. The second kappa shape index (κ2) is 7.17. The molecule has 4 rings (SSSR count). The van der Waals surface area contributed by atoms with Crippen molar-refractivity contribution in [2.75, 3.05) is 11.4 Å². The maximum Gasteiger partial charge on any atom is 0.243 e. The Balaban J connectivity index is 1.53. The first-order valence-corrected chi connectivity index (χ1v) is 9.70. The van der Waals surface area contributed by atoms with Crippen LogP contribution in [-0.4, -0.2) is 33.4 Å². The van der Waals surface area contributed by atoms with Crippen molar-refractivity contribution in [2.45, 2.75) is 32.4 Å². The topological polar surface area (TPSA) is 71.0 Å². The minimum absolute atomic E-state index is 0.0337. The molecule has 1 fully saturated rings. The van der Waals surface area contributed by atoms with Crippen LogP contribution >= 0.6 is 22.9 Å². The molecule has 0 saturated carbocycles. The summed E-state index contributed by atoms with van der Waals surface area (Å²) in [6.45, 7) is 3.24. The van der Waals surface area contributed by atoms with E-state index >= 15 is 0 Å². The van der Waals surface area contributed by atoms with Crippen molar-refractivity contribution in [3.05, 3.63) is 46.9 Å². The number of rotatable bonds is 4. The van der Waals surface area contributed by atoms with Gasteiger partial charge in [-0.15, -0.1) is 0 Å². The maximum absolute atomic E-state index is 12.7. The molecule has 1 saturated heterocycles. The van der Waals surface area contributed by atoms with Crippen LogP contribution in [0.1, 0.15) is 24.1 Å². The number of carbonyl (C=O) groups excluding carboxylic acids is 1. The van der Waals surface area contributed by atoms with Crippen molar-refractivity contribution >= 4 is 44.3 Å². The van der Waals surface area contributed by atoms with Gasteiger partial charge in [-0.05, 0) is 36.9 Å². The predicted molar refractivity (Wildman–Crippen MR) is 104 cm³/mol. The number of aryl methyl sites for hydroxylation is 1. The Bertz CT molecular complexity index is 945. The van der Waals surface area contributed by atoms with Gasteiger partial charge in [0.15, 0.2) is 10.8 Å². The number of thiazole rings is 1. The number of nitrogens with zero attached hydrogens (tertiary/aromatic N) is 4. The van der Waals surface area contributed by atoms with Crippen molar-refractivity contribution < 1.29 is 4.79 Å². The average molecular weight is 388 g/mol. The normalized spacial score (nSPS) is 17.0. The first-order valence-electron chi connectivity index (χ1n) is 8.51. The molecule has 2 aromatic heterocycles. The quantitative estimate of drug-likeness (QED) is 0.695. The van der Waals surface area contributed by atoms with E-state index in [9.17, 15) is 4.79 Å². The van der Waals surface area contributed by atoms with Crippen molar-refractivity contribution in [3.63, 3.8) is 0 Å². The van der Waals surface area contributed by atoms with Crippen LogP contribution in [0.5, 0.6) is 0 Å². The third-order valence-corrected chi connectivity index (χ3v) is 5.85. The minimum Gasteiger partial charge on any atom is -0.350 e. The lowest BCUT2D eigenvalue weighted by atomic mass is 10.2. The second-order valence-electron chi connectivity index (χ2n) is 6.28.